The van der Waals surface area contributed by atoms with E-state index in [1.807, 2.05) is 6.08 Å². The Balaban J connectivity index is 2.21. The van der Waals surface area contributed by atoms with Crippen molar-refractivity contribution in [2.45, 2.75) is 19.1 Å². The van der Waals surface area contributed by atoms with Crippen LogP contribution >= 0.6 is 0 Å². The van der Waals surface area contributed by atoms with Crippen LogP contribution in [0.15, 0.2) is 36.4 Å². The first-order chi connectivity index (χ1) is 9.67. The number of rotatable bonds is 3. The molecule has 5 heteroatoms. The van der Waals surface area contributed by atoms with Gasteiger partial charge in [-0.25, -0.2) is 4.79 Å². The van der Waals surface area contributed by atoms with Gasteiger partial charge in [0.1, 0.15) is 6.04 Å². The first-order valence-corrected chi connectivity index (χ1v) is 6.42. The number of carbonyl (C=O) groups is 2. The molecule has 1 heterocycles. The smallest absolute Gasteiger partial charge is 0.332 e. The maximum atomic E-state index is 12.5. The molecule has 0 saturated carbocycles. The van der Waals surface area contributed by atoms with E-state index < -0.39 is 12.0 Å². The van der Waals surface area contributed by atoms with E-state index in [1.165, 1.54) is 12.0 Å². The number of esters is 1. The zero-order chi connectivity index (χ0) is 14.5. The van der Waals surface area contributed by atoms with E-state index >= 15 is 0 Å². The van der Waals surface area contributed by atoms with Crippen molar-refractivity contribution in [3.8, 4) is 0 Å². The Hall–Kier alpha value is -2.14. The first-order valence-electron chi connectivity index (χ1n) is 6.42. The fraction of sp³-hybridized carbons (Fsp3) is 0.333. The summed E-state index contributed by atoms with van der Waals surface area (Å²) in [6.45, 7) is 0.419. The van der Waals surface area contributed by atoms with Gasteiger partial charge in [0.05, 0.1) is 13.7 Å². The standard InChI is InChI=1S/C15H17NO4/c1-20-15(19)13-4-2-3-9-16(13)14(18)12-7-5-11(10-17)6-8-12/h2,4-8,13,17H,3,9-10H2,1H3/t13-/m1/s1. The highest BCUT2D eigenvalue weighted by Gasteiger charge is 2.30. The average Bonchev–Trinajstić information content (AvgIpc) is 2.53. The van der Waals surface area contributed by atoms with Crippen molar-refractivity contribution in [1.29, 1.82) is 0 Å². The van der Waals surface area contributed by atoms with Crippen LogP contribution in [0, 0.1) is 0 Å². The van der Waals surface area contributed by atoms with Gasteiger partial charge in [0.2, 0.25) is 0 Å². The number of methoxy groups -OCH3 is 1. The summed E-state index contributed by atoms with van der Waals surface area (Å²) in [5, 5.41) is 9.00. The van der Waals surface area contributed by atoms with Gasteiger partial charge in [-0.1, -0.05) is 24.3 Å². The molecule has 0 fully saturated rings. The maximum Gasteiger partial charge on any atom is 0.332 e. The van der Waals surface area contributed by atoms with Crippen molar-refractivity contribution in [2.24, 2.45) is 0 Å². The van der Waals surface area contributed by atoms with Gasteiger partial charge in [0, 0.05) is 12.1 Å². The van der Waals surface area contributed by atoms with Crippen LogP contribution in [-0.2, 0) is 16.1 Å². The molecule has 1 aliphatic heterocycles. The summed E-state index contributed by atoms with van der Waals surface area (Å²) in [6, 6.07) is 6.03. The monoisotopic (exact) mass is 275 g/mol. The highest BCUT2D eigenvalue weighted by molar-refractivity contribution is 5.97. The van der Waals surface area contributed by atoms with Gasteiger partial charge in [-0.2, -0.15) is 0 Å². The molecular formula is C15H17NO4. The number of aliphatic hydroxyl groups excluding tert-OH is 1. The van der Waals surface area contributed by atoms with Gasteiger partial charge in [-0.15, -0.1) is 0 Å². The molecule has 20 heavy (non-hydrogen) atoms. The van der Waals surface area contributed by atoms with E-state index in [-0.39, 0.29) is 12.5 Å². The van der Waals surface area contributed by atoms with E-state index in [1.54, 1.807) is 30.3 Å². The molecule has 5 nitrogen and oxygen atoms in total. The third-order valence-electron chi connectivity index (χ3n) is 3.28. The predicted molar refractivity (Wildman–Crippen MR) is 73.0 cm³/mol. The zero-order valence-electron chi connectivity index (χ0n) is 11.3. The van der Waals surface area contributed by atoms with Crippen LogP contribution in [0.25, 0.3) is 0 Å². The fourth-order valence-corrected chi connectivity index (χ4v) is 2.15. The van der Waals surface area contributed by atoms with Gasteiger partial charge < -0.3 is 14.7 Å². The normalized spacial score (nSPS) is 17.9. The minimum Gasteiger partial charge on any atom is -0.467 e. The summed E-state index contributed by atoms with van der Waals surface area (Å²) < 4.78 is 4.73. The molecule has 0 unspecified atom stereocenters. The van der Waals surface area contributed by atoms with Gasteiger partial charge >= 0.3 is 5.97 Å². The van der Waals surface area contributed by atoms with Gasteiger partial charge in [0.25, 0.3) is 5.91 Å². The summed E-state index contributed by atoms with van der Waals surface area (Å²) in [4.78, 5) is 25.7. The van der Waals surface area contributed by atoms with Gasteiger partial charge in [0.15, 0.2) is 0 Å². The topological polar surface area (TPSA) is 66.8 Å². The van der Waals surface area contributed by atoms with E-state index in [0.29, 0.717) is 18.5 Å². The number of aliphatic hydroxyl groups is 1. The molecule has 0 aromatic heterocycles. The van der Waals surface area contributed by atoms with Gasteiger partial charge in [-0.05, 0) is 24.1 Å². The van der Waals surface area contributed by atoms with Crippen LogP contribution in [0.2, 0.25) is 0 Å². The van der Waals surface area contributed by atoms with E-state index in [9.17, 15) is 9.59 Å². The maximum absolute atomic E-state index is 12.5. The lowest BCUT2D eigenvalue weighted by Crippen LogP contribution is -2.46. The highest BCUT2D eigenvalue weighted by atomic mass is 16.5. The molecule has 1 aromatic carbocycles. The second-order valence-corrected chi connectivity index (χ2v) is 4.54. The third-order valence-corrected chi connectivity index (χ3v) is 3.28. The average molecular weight is 275 g/mol. The number of hydrogen-bond acceptors (Lipinski definition) is 4. The van der Waals surface area contributed by atoms with Crippen molar-refractivity contribution in [3.63, 3.8) is 0 Å². The molecular weight excluding hydrogens is 258 g/mol. The third kappa shape index (κ3) is 2.88. The van der Waals surface area contributed by atoms with Crippen molar-refractivity contribution in [3.05, 3.63) is 47.5 Å². The Morgan fingerprint density at radius 1 is 1.35 bits per heavy atom. The number of ether oxygens (including phenoxy) is 1. The molecule has 0 aliphatic carbocycles. The van der Waals surface area contributed by atoms with Crippen molar-refractivity contribution in [2.75, 3.05) is 13.7 Å². The molecule has 0 saturated heterocycles. The van der Waals surface area contributed by atoms with Crippen LogP contribution in [0.5, 0.6) is 0 Å². The quantitative estimate of drug-likeness (QED) is 0.663. The largest absolute Gasteiger partial charge is 0.467 e. The lowest BCUT2D eigenvalue weighted by atomic mass is 10.1. The molecule has 2 rings (SSSR count). The molecule has 0 spiro atoms. The van der Waals surface area contributed by atoms with E-state index in [2.05, 4.69) is 0 Å². The second kappa shape index (κ2) is 6.34. The lowest BCUT2D eigenvalue weighted by molar-refractivity contribution is -0.144. The molecule has 1 atom stereocenters. The van der Waals surface area contributed by atoms with Crippen LogP contribution in [0.1, 0.15) is 22.3 Å². The van der Waals surface area contributed by atoms with Crippen LogP contribution in [-0.4, -0.2) is 41.6 Å². The van der Waals surface area contributed by atoms with E-state index in [0.717, 1.165) is 5.56 Å². The number of hydrogen-bond donors (Lipinski definition) is 1. The number of benzene rings is 1. The zero-order valence-corrected chi connectivity index (χ0v) is 11.3. The number of amides is 1. The summed E-state index contributed by atoms with van der Waals surface area (Å²) in [5.41, 5.74) is 1.23. The summed E-state index contributed by atoms with van der Waals surface area (Å²) in [7, 11) is 1.31. The van der Waals surface area contributed by atoms with Crippen molar-refractivity contribution in [1.82, 2.24) is 4.90 Å². The van der Waals surface area contributed by atoms with Crippen LogP contribution < -0.4 is 0 Å². The van der Waals surface area contributed by atoms with Crippen molar-refractivity contribution < 1.29 is 19.4 Å². The lowest BCUT2D eigenvalue weighted by Gasteiger charge is -2.30. The summed E-state index contributed by atoms with van der Waals surface area (Å²) in [6.07, 6.45) is 4.28. The Kier molecular flexibility index (Phi) is 4.53. The summed E-state index contributed by atoms with van der Waals surface area (Å²) in [5.74, 6) is -0.657. The Bertz CT molecular complexity index is 521. The molecule has 0 bridgehead atoms. The molecule has 1 N–H and O–H groups in total. The molecule has 1 amide bonds. The number of nitrogens with zero attached hydrogens (tertiary/aromatic N) is 1. The Morgan fingerprint density at radius 2 is 2.05 bits per heavy atom. The van der Waals surface area contributed by atoms with Crippen molar-refractivity contribution >= 4 is 11.9 Å². The molecule has 106 valence electrons. The SMILES string of the molecule is COC(=O)[C@H]1C=CCCN1C(=O)c1ccc(CO)cc1. The van der Waals surface area contributed by atoms with Crippen LogP contribution in [0.3, 0.4) is 0 Å². The predicted octanol–water partition coefficient (Wildman–Crippen LogP) is 1.12. The Morgan fingerprint density at radius 3 is 2.65 bits per heavy atom. The van der Waals surface area contributed by atoms with Crippen LogP contribution in [0.4, 0.5) is 0 Å². The minimum atomic E-state index is -0.668. The molecule has 0 radical (unpaired) electrons. The number of carbonyl (C=O) groups excluding carboxylic acids is 2. The summed E-state index contributed by atoms with van der Waals surface area (Å²) >= 11 is 0. The Labute approximate surface area is 117 Å². The molecule has 1 aliphatic rings. The highest BCUT2D eigenvalue weighted by Crippen LogP contribution is 2.16. The van der Waals surface area contributed by atoms with E-state index in [4.69, 9.17) is 9.84 Å². The molecule has 1 aromatic rings. The second-order valence-electron chi connectivity index (χ2n) is 4.54. The first kappa shape index (κ1) is 14.3. The minimum absolute atomic E-state index is 0.0638. The fourth-order valence-electron chi connectivity index (χ4n) is 2.15. The van der Waals surface area contributed by atoms with Gasteiger partial charge in [-0.3, -0.25) is 4.79 Å².